The minimum Gasteiger partial charge on any atom is -0.351 e. The number of aromatic nitrogens is 4. The first-order chi connectivity index (χ1) is 24.1. The number of nitrogens with one attached hydrogen (secondary N) is 2. The highest BCUT2D eigenvalue weighted by Gasteiger charge is 2.34. The van der Waals surface area contributed by atoms with Crippen molar-refractivity contribution in [2.45, 2.75) is 63.5 Å². The summed E-state index contributed by atoms with van der Waals surface area (Å²) in [5.41, 5.74) is 0.440. The molecule has 0 spiro atoms. The van der Waals surface area contributed by atoms with E-state index < -0.39 is 23.1 Å². The molecular formula is C35H47F3N10O2. The fourth-order valence-corrected chi connectivity index (χ4v) is 7.99. The number of likely N-dealkylation sites (N-methyl/N-ethyl adjacent to an activating group) is 2. The summed E-state index contributed by atoms with van der Waals surface area (Å²) in [5.74, 6) is -2.18. The third kappa shape index (κ3) is 7.39. The highest BCUT2D eigenvalue weighted by atomic mass is 19.1. The van der Waals surface area contributed by atoms with Crippen molar-refractivity contribution in [3.8, 4) is 0 Å². The lowest BCUT2D eigenvalue weighted by atomic mass is 9.85. The number of benzene rings is 1. The molecule has 50 heavy (non-hydrogen) atoms. The van der Waals surface area contributed by atoms with Gasteiger partial charge in [0, 0.05) is 88.4 Å². The number of rotatable bonds is 7. The number of imidazole rings is 1. The lowest BCUT2D eigenvalue weighted by Gasteiger charge is -2.37. The summed E-state index contributed by atoms with van der Waals surface area (Å²) < 4.78 is 45.2. The summed E-state index contributed by atoms with van der Waals surface area (Å²) in [5, 5.41) is 6.25. The second-order valence-electron chi connectivity index (χ2n) is 14.5. The van der Waals surface area contributed by atoms with Crippen LogP contribution in [-0.4, -0.2) is 123 Å². The number of amides is 2. The Balaban J connectivity index is 1.08. The Hall–Kier alpha value is -3.98. The van der Waals surface area contributed by atoms with E-state index in [0.29, 0.717) is 54.9 Å². The lowest BCUT2D eigenvalue weighted by Crippen LogP contribution is -2.49. The van der Waals surface area contributed by atoms with E-state index in [0.717, 1.165) is 78.0 Å². The predicted octanol–water partition coefficient (Wildman–Crippen LogP) is 4.24. The van der Waals surface area contributed by atoms with E-state index in [-0.39, 0.29) is 41.7 Å². The van der Waals surface area contributed by atoms with Gasteiger partial charge in [-0.3, -0.25) is 14.2 Å². The van der Waals surface area contributed by atoms with Crippen molar-refractivity contribution in [1.82, 2.24) is 39.1 Å². The third-order valence-electron chi connectivity index (χ3n) is 11.1. The molecule has 2 aromatic heterocycles. The van der Waals surface area contributed by atoms with E-state index in [9.17, 15) is 22.8 Å². The van der Waals surface area contributed by atoms with Crippen molar-refractivity contribution in [3.63, 3.8) is 0 Å². The second kappa shape index (κ2) is 14.7. The molecule has 3 aromatic rings. The monoisotopic (exact) mass is 696 g/mol. The van der Waals surface area contributed by atoms with Crippen molar-refractivity contribution < 1.29 is 22.8 Å². The van der Waals surface area contributed by atoms with E-state index >= 15 is 0 Å². The van der Waals surface area contributed by atoms with E-state index in [1.165, 1.54) is 0 Å². The lowest BCUT2D eigenvalue weighted by molar-refractivity contribution is -0.139. The second-order valence-corrected chi connectivity index (χ2v) is 14.5. The largest absolute Gasteiger partial charge is 0.351 e. The van der Waals surface area contributed by atoms with Gasteiger partial charge in [0.2, 0.25) is 23.7 Å². The molecule has 4 fully saturated rings. The number of hydrogen-bond donors (Lipinski definition) is 2. The SMILES string of the molecule is CN1CCN(C(=O)C2CCC(Nc3ncc4nc(Nc5c(F)cc(F)cc5F)n(C5CCC(C(=O)N6CCN(C)CC6)CC5)c4n3)CC2)CC1. The van der Waals surface area contributed by atoms with Gasteiger partial charge in [-0.25, -0.2) is 23.1 Å². The van der Waals surface area contributed by atoms with E-state index in [1.54, 1.807) is 6.20 Å². The maximum Gasteiger partial charge on any atom is 0.225 e. The molecule has 0 unspecified atom stereocenters. The zero-order valence-electron chi connectivity index (χ0n) is 28.9. The Morgan fingerprint density at radius 2 is 1.24 bits per heavy atom. The van der Waals surface area contributed by atoms with Gasteiger partial charge >= 0.3 is 0 Å². The molecule has 2 saturated carbocycles. The van der Waals surface area contributed by atoms with Crippen molar-refractivity contribution in [1.29, 1.82) is 0 Å². The summed E-state index contributed by atoms with van der Waals surface area (Å²) in [4.78, 5) is 49.0. The molecule has 15 heteroatoms. The summed E-state index contributed by atoms with van der Waals surface area (Å²) >= 11 is 0. The Bertz CT molecular complexity index is 1670. The standard InChI is InChI=1S/C35H47F3N10O2/c1-44-11-15-46(16-12-44)32(49)22-3-7-25(8-4-22)40-34-39-21-29-31(43-34)48(35(41-29)42-30-27(37)19-24(36)20-28(30)38)26-9-5-23(6-10-26)33(50)47-17-13-45(2)14-18-47/h19-23,25-26H,3-18H2,1-2H3,(H,41,42)(H,39,40,43). The fraction of sp³-hybridized carbons (Fsp3) is 0.629. The fourth-order valence-electron chi connectivity index (χ4n) is 7.99. The van der Waals surface area contributed by atoms with E-state index in [4.69, 9.17) is 4.98 Å². The molecule has 1 aromatic carbocycles. The van der Waals surface area contributed by atoms with Gasteiger partial charge in [0.25, 0.3) is 0 Å². The van der Waals surface area contributed by atoms with Crippen LogP contribution >= 0.6 is 0 Å². The Labute approximate surface area is 290 Å². The smallest absolute Gasteiger partial charge is 0.225 e. The summed E-state index contributed by atoms with van der Waals surface area (Å²) in [6, 6.07) is 1.20. The number of anilines is 3. The van der Waals surface area contributed by atoms with Crippen LogP contribution in [0.4, 0.5) is 30.8 Å². The number of halogens is 3. The maximum absolute atomic E-state index is 14.8. The average Bonchev–Trinajstić information content (AvgIpc) is 3.47. The maximum atomic E-state index is 14.8. The average molecular weight is 697 g/mol. The number of fused-ring (bicyclic) bond motifs is 1. The zero-order chi connectivity index (χ0) is 34.9. The number of hydrogen-bond acceptors (Lipinski definition) is 9. The molecule has 2 aliphatic carbocycles. The highest BCUT2D eigenvalue weighted by molar-refractivity contribution is 5.80. The van der Waals surface area contributed by atoms with Gasteiger partial charge in [-0.2, -0.15) is 4.98 Å². The van der Waals surface area contributed by atoms with E-state index in [2.05, 4.69) is 44.5 Å². The summed E-state index contributed by atoms with van der Waals surface area (Å²) in [6.45, 7) is 6.54. The molecule has 0 bridgehead atoms. The number of carbonyl (C=O) groups is 2. The number of nitrogens with zero attached hydrogens (tertiary/aromatic N) is 8. The van der Waals surface area contributed by atoms with Gasteiger partial charge < -0.3 is 30.2 Å². The minimum absolute atomic E-state index is 0.0282. The van der Waals surface area contributed by atoms with Crippen LogP contribution in [0.5, 0.6) is 0 Å². The van der Waals surface area contributed by atoms with Crippen LogP contribution in [0.3, 0.4) is 0 Å². The van der Waals surface area contributed by atoms with Crippen molar-refractivity contribution in [2.24, 2.45) is 11.8 Å². The van der Waals surface area contributed by atoms with Gasteiger partial charge in [-0.1, -0.05) is 0 Å². The number of piperazine rings is 2. The van der Waals surface area contributed by atoms with Crippen molar-refractivity contribution >= 4 is 40.6 Å². The van der Waals surface area contributed by atoms with Crippen molar-refractivity contribution in [3.05, 3.63) is 35.8 Å². The molecule has 4 heterocycles. The molecule has 2 aliphatic heterocycles. The first-order valence-corrected chi connectivity index (χ1v) is 18.0. The molecule has 2 amide bonds. The first kappa shape index (κ1) is 34.5. The van der Waals surface area contributed by atoms with Crippen LogP contribution in [-0.2, 0) is 9.59 Å². The van der Waals surface area contributed by atoms with Crippen LogP contribution in [0.15, 0.2) is 18.3 Å². The topological polar surface area (TPSA) is 115 Å². The van der Waals surface area contributed by atoms with Gasteiger partial charge in [-0.05, 0) is 65.5 Å². The van der Waals surface area contributed by atoms with Crippen LogP contribution in [0, 0.1) is 29.3 Å². The molecule has 2 N–H and O–H groups in total. The molecule has 12 nitrogen and oxygen atoms in total. The first-order valence-electron chi connectivity index (χ1n) is 18.0. The quantitative estimate of drug-likeness (QED) is 0.375. The summed E-state index contributed by atoms with van der Waals surface area (Å²) in [7, 11) is 4.14. The van der Waals surface area contributed by atoms with Crippen LogP contribution in [0.2, 0.25) is 0 Å². The van der Waals surface area contributed by atoms with Gasteiger partial charge in [0.15, 0.2) is 17.3 Å². The Morgan fingerprint density at radius 1 is 0.720 bits per heavy atom. The zero-order valence-corrected chi connectivity index (χ0v) is 28.9. The third-order valence-corrected chi connectivity index (χ3v) is 11.1. The normalized spacial score (nSPS) is 25.5. The van der Waals surface area contributed by atoms with Crippen LogP contribution in [0.25, 0.3) is 11.2 Å². The number of carbonyl (C=O) groups excluding carboxylic acids is 2. The van der Waals surface area contributed by atoms with Gasteiger partial charge in [0.1, 0.15) is 17.0 Å². The molecule has 0 atom stereocenters. The Morgan fingerprint density at radius 3 is 1.78 bits per heavy atom. The van der Waals surface area contributed by atoms with Gasteiger partial charge in [0.05, 0.1) is 6.20 Å². The molecule has 0 radical (unpaired) electrons. The van der Waals surface area contributed by atoms with Crippen LogP contribution < -0.4 is 10.6 Å². The molecule has 4 aliphatic rings. The van der Waals surface area contributed by atoms with Crippen LogP contribution in [0.1, 0.15) is 57.4 Å². The molecule has 270 valence electrons. The summed E-state index contributed by atoms with van der Waals surface area (Å²) in [6.07, 6.45) is 7.44. The highest BCUT2D eigenvalue weighted by Crippen LogP contribution is 2.38. The predicted molar refractivity (Wildman–Crippen MR) is 183 cm³/mol. The Kier molecular flexibility index (Phi) is 10.1. The van der Waals surface area contributed by atoms with Gasteiger partial charge in [-0.15, -0.1) is 0 Å². The molecule has 7 rings (SSSR count). The van der Waals surface area contributed by atoms with Crippen molar-refractivity contribution in [2.75, 3.05) is 77.1 Å². The molecule has 2 saturated heterocycles. The van der Waals surface area contributed by atoms with E-state index in [1.807, 2.05) is 14.4 Å². The molecular weight excluding hydrogens is 649 g/mol. The minimum atomic E-state index is -1.07.